The molecule has 0 spiro atoms. The summed E-state index contributed by atoms with van der Waals surface area (Å²) in [5, 5.41) is 23.2. The van der Waals surface area contributed by atoms with Crippen molar-refractivity contribution < 1.29 is 14.6 Å². The zero-order valence-electron chi connectivity index (χ0n) is 16.6. The summed E-state index contributed by atoms with van der Waals surface area (Å²) in [7, 11) is 0. The van der Waals surface area contributed by atoms with Gasteiger partial charge in [0.2, 0.25) is 0 Å². The van der Waals surface area contributed by atoms with Crippen molar-refractivity contribution >= 4 is 34.6 Å². The van der Waals surface area contributed by atoms with Crippen LogP contribution >= 0.6 is 11.6 Å². The van der Waals surface area contributed by atoms with Crippen molar-refractivity contribution in [1.29, 1.82) is 0 Å². The predicted octanol–water partition coefficient (Wildman–Crippen LogP) is 3.30. The lowest BCUT2D eigenvalue weighted by Crippen LogP contribution is -2.49. The number of nitrogens with zero attached hydrogens (tertiary/aromatic N) is 6. The number of carbonyl (C=O) groups is 1. The lowest BCUT2D eigenvalue weighted by Gasteiger charge is -2.35. The number of anilines is 1. The molecule has 1 amide bonds. The van der Waals surface area contributed by atoms with Crippen molar-refractivity contribution in [2.24, 2.45) is 0 Å². The van der Waals surface area contributed by atoms with Crippen LogP contribution < -0.4 is 4.90 Å². The SMILES string of the molecule is O=C(c1ccc(-n2ccnc2)c([N+](=O)[O-])c1)N1CCN(c2ccc(Cl)cc2[N+](=O)[O-])CC1. The number of nitro benzene ring substituents is 2. The highest BCUT2D eigenvalue weighted by Gasteiger charge is 2.28. The summed E-state index contributed by atoms with van der Waals surface area (Å²) in [6.07, 6.45) is 4.53. The molecule has 1 aliphatic heterocycles. The van der Waals surface area contributed by atoms with Gasteiger partial charge in [0, 0.05) is 61.3 Å². The Kier molecular flexibility index (Phi) is 5.73. The van der Waals surface area contributed by atoms with Crippen LogP contribution in [0.25, 0.3) is 5.69 Å². The Labute approximate surface area is 186 Å². The molecule has 164 valence electrons. The van der Waals surface area contributed by atoms with Gasteiger partial charge in [-0.2, -0.15) is 0 Å². The van der Waals surface area contributed by atoms with Gasteiger partial charge in [0.25, 0.3) is 17.3 Å². The van der Waals surface area contributed by atoms with E-state index in [9.17, 15) is 25.0 Å². The number of aromatic nitrogens is 2. The molecule has 1 aromatic heterocycles. The number of hydrogen-bond acceptors (Lipinski definition) is 7. The monoisotopic (exact) mass is 456 g/mol. The molecule has 0 atom stereocenters. The minimum atomic E-state index is -0.538. The Bertz CT molecular complexity index is 1190. The molecule has 4 rings (SSSR count). The maximum atomic E-state index is 13.0. The Morgan fingerprint density at radius 2 is 1.59 bits per heavy atom. The first-order valence-corrected chi connectivity index (χ1v) is 9.98. The van der Waals surface area contributed by atoms with Crippen LogP contribution in [0.4, 0.5) is 17.1 Å². The topological polar surface area (TPSA) is 128 Å². The number of rotatable bonds is 5. The summed E-state index contributed by atoms with van der Waals surface area (Å²) < 4.78 is 1.50. The number of carbonyl (C=O) groups excluding carboxylic acids is 1. The fraction of sp³-hybridized carbons (Fsp3) is 0.200. The molecule has 0 aliphatic carbocycles. The normalized spacial score (nSPS) is 13.8. The van der Waals surface area contributed by atoms with Gasteiger partial charge in [0.1, 0.15) is 11.4 Å². The van der Waals surface area contributed by atoms with Crippen LogP contribution in [0.2, 0.25) is 5.02 Å². The smallest absolute Gasteiger partial charge is 0.294 e. The van der Waals surface area contributed by atoms with Gasteiger partial charge in [0.05, 0.1) is 16.2 Å². The van der Waals surface area contributed by atoms with E-state index in [0.717, 1.165) is 0 Å². The molecule has 0 saturated carbocycles. The van der Waals surface area contributed by atoms with Gasteiger partial charge in [-0.15, -0.1) is 0 Å². The van der Waals surface area contributed by atoms with Crippen molar-refractivity contribution in [2.45, 2.75) is 0 Å². The van der Waals surface area contributed by atoms with Crippen LogP contribution in [-0.4, -0.2) is 56.4 Å². The molecule has 1 aliphatic rings. The summed E-state index contributed by atoms with van der Waals surface area (Å²) in [5.74, 6) is -0.337. The molecule has 2 heterocycles. The first-order valence-electron chi connectivity index (χ1n) is 9.60. The minimum Gasteiger partial charge on any atom is -0.362 e. The van der Waals surface area contributed by atoms with Crippen LogP contribution in [0.1, 0.15) is 10.4 Å². The predicted molar refractivity (Wildman–Crippen MR) is 116 cm³/mol. The quantitative estimate of drug-likeness (QED) is 0.425. The van der Waals surface area contributed by atoms with Gasteiger partial charge in [-0.25, -0.2) is 4.98 Å². The molecule has 11 nitrogen and oxygen atoms in total. The maximum absolute atomic E-state index is 13.0. The van der Waals surface area contributed by atoms with Crippen molar-refractivity contribution in [1.82, 2.24) is 14.5 Å². The van der Waals surface area contributed by atoms with Gasteiger partial charge < -0.3 is 14.4 Å². The van der Waals surface area contributed by atoms with Crippen molar-refractivity contribution in [2.75, 3.05) is 31.1 Å². The molecule has 32 heavy (non-hydrogen) atoms. The third-order valence-electron chi connectivity index (χ3n) is 5.24. The van der Waals surface area contributed by atoms with Crippen LogP contribution in [0, 0.1) is 20.2 Å². The molecular weight excluding hydrogens is 440 g/mol. The highest BCUT2D eigenvalue weighted by molar-refractivity contribution is 6.30. The van der Waals surface area contributed by atoms with Gasteiger partial charge in [-0.05, 0) is 24.3 Å². The molecule has 0 bridgehead atoms. The first kappa shape index (κ1) is 21.2. The van der Waals surface area contributed by atoms with E-state index in [1.54, 1.807) is 29.3 Å². The zero-order chi connectivity index (χ0) is 22.8. The minimum absolute atomic E-state index is 0.0945. The van der Waals surface area contributed by atoms with Crippen LogP contribution in [0.5, 0.6) is 0 Å². The fourth-order valence-electron chi connectivity index (χ4n) is 3.67. The van der Waals surface area contributed by atoms with Crippen molar-refractivity contribution in [3.05, 3.63) is 85.9 Å². The average Bonchev–Trinajstić information content (AvgIpc) is 3.33. The average molecular weight is 457 g/mol. The highest BCUT2D eigenvalue weighted by atomic mass is 35.5. The second-order valence-corrected chi connectivity index (χ2v) is 7.54. The van der Waals surface area contributed by atoms with E-state index in [0.29, 0.717) is 37.6 Å². The molecular formula is C20H17ClN6O5. The van der Waals surface area contributed by atoms with Gasteiger partial charge in [0.15, 0.2) is 0 Å². The summed E-state index contributed by atoms with van der Waals surface area (Å²) in [5.41, 5.74) is 0.648. The fourth-order valence-corrected chi connectivity index (χ4v) is 3.83. The second kappa shape index (κ2) is 8.63. The number of nitro groups is 2. The Hall–Kier alpha value is -3.99. The number of halogens is 1. The summed E-state index contributed by atoms with van der Waals surface area (Å²) in [6, 6.07) is 8.80. The number of hydrogen-bond donors (Lipinski definition) is 0. The van der Waals surface area contributed by atoms with E-state index in [4.69, 9.17) is 11.6 Å². The van der Waals surface area contributed by atoms with E-state index >= 15 is 0 Å². The van der Waals surface area contributed by atoms with E-state index < -0.39 is 9.85 Å². The van der Waals surface area contributed by atoms with Gasteiger partial charge in [-0.3, -0.25) is 25.0 Å². The maximum Gasteiger partial charge on any atom is 0.294 e. The Morgan fingerprint density at radius 3 is 2.22 bits per heavy atom. The molecule has 1 saturated heterocycles. The Morgan fingerprint density at radius 1 is 0.938 bits per heavy atom. The third-order valence-corrected chi connectivity index (χ3v) is 5.48. The molecule has 1 fully saturated rings. The summed E-state index contributed by atoms with van der Waals surface area (Å²) >= 11 is 5.88. The van der Waals surface area contributed by atoms with E-state index in [-0.39, 0.29) is 27.9 Å². The van der Waals surface area contributed by atoms with E-state index in [1.165, 1.54) is 35.3 Å². The van der Waals surface area contributed by atoms with E-state index in [2.05, 4.69) is 4.98 Å². The van der Waals surface area contributed by atoms with Crippen LogP contribution in [-0.2, 0) is 0 Å². The number of amides is 1. The lowest BCUT2D eigenvalue weighted by atomic mass is 10.1. The van der Waals surface area contributed by atoms with Crippen molar-refractivity contribution in [3.63, 3.8) is 0 Å². The molecule has 0 N–H and O–H groups in total. The molecule has 0 unspecified atom stereocenters. The van der Waals surface area contributed by atoms with Crippen LogP contribution in [0.15, 0.2) is 55.1 Å². The van der Waals surface area contributed by atoms with Gasteiger partial charge in [-0.1, -0.05) is 11.6 Å². The standard InChI is InChI=1S/C20H17ClN6O5/c21-15-2-4-16(19(12-15)27(31)32)23-7-9-24(10-8-23)20(28)14-1-3-17(18(11-14)26(29)30)25-6-5-22-13-25/h1-6,11-13H,7-10H2. The number of benzene rings is 2. The molecule has 12 heteroatoms. The summed E-state index contributed by atoms with van der Waals surface area (Å²) in [4.78, 5) is 42.2. The largest absolute Gasteiger partial charge is 0.362 e. The number of imidazole rings is 1. The van der Waals surface area contributed by atoms with E-state index in [1.807, 2.05) is 4.90 Å². The Balaban J connectivity index is 1.51. The zero-order valence-corrected chi connectivity index (χ0v) is 17.4. The van der Waals surface area contributed by atoms with Crippen LogP contribution in [0.3, 0.4) is 0 Å². The first-order chi connectivity index (χ1) is 15.3. The second-order valence-electron chi connectivity index (χ2n) is 7.10. The lowest BCUT2D eigenvalue weighted by molar-refractivity contribution is -0.384. The highest BCUT2D eigenvalue weighted by Crippen LogP contribution is 2.32. The third kappa shape index (κ3) is 4.10. The summed E-state index contributed by atoms with van der Waals surface area (Å²) in [6.45, 7) is 1.39. The molecule has 2 aromatic carbocycles. The van der Waals surface area contributed by atoms with Crippen molar-refractivity contribution in [3.8, 4) is 5.69 Å². The number of piperazine rings is 1. The molecule has 0 radical (unpaired) electrons. The van der Waals surface area contributed by atoms with Gasteiger partial charge >= 0.3 is 0 Å². The molecule has 3 aromatic rings.